The number of rotatable bonds is 5. The van der Waals surface area contributed by atoms with E-state index in [2.05, 4.69) is 5.32 Å². The van der Waals surface area contributed by atoms with E-state index in [9.17, 15) is 9.59 Å². The van der Waals surface area contributed by atoms with Gasteiger partial charge in [0.05, 0.1) is 6.10 Å². The van der Waals surface area contributed by atoms with Crippen LogP contribution in [-0.4, -0.2) is 42.6 Å². The Kier molecular flexibility index (Phi) is 5.04. The van der Waals surface area contributed by atoms with Gasteiger partial charge in [0.25, 0.3) is 0 Å². The number of hydrogen-bond donors (Lipinski definition) is 2. The number of carbonyl (C=O) groups is 2. The van der Waals surface area contributed by atoms with Crippen LogP contribution in [-0.2, 0) is 4.74 Å². The molecule has 1 aromatic rings. The van der Waals surface area contributed by atoms with Crippen LogP contribution in [0.15, 0.2) is 18.2 Å². The standard InChI is InChI=1S/C18H25N3O3/c1-12-9-14(6-7-16(12)17(19)22)20-18(23)21-8-2-3-15(10-21)24-11-13-4-5-13/h6-7,9,13,15H,2-5,8,10-11H2,1H3,(H2,19,22)(H,20,23). The molecule has 3 rings (SSSR count). The maximum Gasteiger partial charge on any atom is 0.321 e. The van der Waals surface area contributed by atoms with E-state index in [0.717, 1.165) is 37.5 Å². The van der Waals surface area contributed by atoms with E-state index in [1.54, 1.807) is 30.0 Å². The van der Waals surface area contributed by atoms with Crippen molar-refractivity contribution in [3.63, 3.8) is 0 Å². The molecule has 1 heterocycles. The summed E-state index contributed by atoms with van der Waals surface area (Å²) in [5.74, 6) is 0.276. The van der Waals surface area contributed by atoms with Crippen LogP contribution in [0.25, 0.3) is 0 Å². The maximum absolute atomic E-state index is 12.5. The Balaban J connectivity index is 1.55. The summed E-state index contributed by atoms with van der Waals surface area (Å²) in [5.41, 5.74) is 7.20. The number of urea groups is 1. The number of aryl methyl sites for hydroxylation is 1. The minimum Gasteiger partial charge on any atom is -0.376 e. The second-order valence-corrected chi connectivity index (χ2v) is 6.81. The number of piperidine rings is 1. The number of carbonyl (C=O) groups excluding carboxylic acids is 2. The van der Waals surface area contributed by atoms with Crippen molar-refractivity contribution in [2.24, 2.45) is 11.7 Å². The summed E-state index contributed by atoms with van der Waals surface area (Å²) in [6.45, 7) is 4.01. The van der Waals surface area contributed by atoms with E-state index in [1.165, 1.54) is 12.8 Å². The number of benzene rings is 1. The molecule has 0 bridgehead atoms. The number of nitrogens with one attached hydrogen (secondary N) is 1. The molecule has 6 nitrogen and oxygen atoms in total. The molecule has 1 atom stereocenters. The van der Waals surface area contributed by atoms with Gasteiger partial charge in [-0.15, -0.1) is 0 Å². The highest BCUT2D eigenvalue weighted by Gasteiger charge is 2.27. The van der Waals surface area contributed by atoms with Crippen LogP contribution >= 0.6 is 0 Å². The van der Waals surface area contributed by atoms with Crippen LogP contribution < -0.4 is 11.1 Å². The molecule has 0 spiro atoms. The van der Waals surface area contributed by atoms with Crippen molar-refractivity contribution in [3.8, 4) is 0 Å². The molecule has 2 aliphatic rings. The summed E-state index contributed by atoms with van der Waals surface area (Å²) >= 11 is 0. The fraction of sp³-hybridized carbons (Fsp3) is 0.556. The number of ether oxygens (including phenoxy) is 1. The van der Waals surface area contributed by atoms with Crippen molar-refractivity contribution >= 4 is 17.6 Å². The number of nitrogens with two attached hydrogens (primary N) is 1. The quantitative estimate of drug-likeness (QED) is 0.869. The molecule has 130 valence electrons. The van der Waals surface area contributed by atoms with Crippen LogP contribution in [0.4, 0.5) is 10.5 Å². The predicted molar refractivity (Wildman–Crippen MR) is 92.0 cm³/mol. The van der Waals surface area contributed by atoms with Crippen LogP contribution in [0.1, 0.15) is 41.6 Å². The molecule has 3 amide bonds. The van der Waals surface area contributed by atoms with E-state index in [0.29, 0.717) is 17.8 Å². The summed E-state index contributed by atoms with van der Waals surface area (Å²) in [4.78, 5) is 25.5. The normalized spacial score (nSPS) is 20.7. The zero-order valence-corrected chi connectivity index (χ0v) is 14.1. The molecule has 2 fully saturated rings. The molecule has 1 aliphatic carbocycles. The van der Waals surface area contributed by atoms with E-state index in [4.69, 9.17) is 10.5 Å². The molecule has 0 radical (unpaired) electrons. The summed E-state index contributed by atoms with van der Waals surface area (Å²) in [6.07, 6.45) is 4.67. The van der Waals surface area contributed by atoms with Gasteiger partial charge >= 0.3 is 6.03 Å². The van der Waals surface area contributed by atoms with E-state index < -0.39 is 5.91 Å². The highest BCUT2D eigenvalue weighted by atomic mass is 16.5. The Morgan fingerprint density at radius 3 is 2.79 bits per heavy atom. The molecule has 1 saturated heterocycles. The van der Waals surface area contributed by atoms with Gasteiger partial charge in [-0.3, -0.25) is 4.79 Å². The van der Waals surface area contributed by atoms with E-state index >= 15 is 0 Å². The van der Waals surface area contributed by atoms with Gasteiger partial charge in [-0.2, -0.15) is 0 Å². The average molecular weight is 331 g/mol. The van der Waals surface area contributed by atoms with Crippen molar-refractivity contribution < 1.29 is 14.3 Å². The summed E-state index contributed by atoms with van der Waals surface area (Å²) < 4.78 is 5.93. The van der Waals surface area contributed by atoms with Crippen LogP contribution in [0, 0.1) is 12.8 Å². The first-order chi connectivity index (χ1) is 11.5. The van der Waals surface area contributed by atoms with E-state index in [-0.39, 0.29) is 12.1 Å². The van der Waals surface area contributed by atoms with Crippen molar-refractivity contribution in [2.75, 3.05) is 25.0 Å². The molecule has 1 aliphatic heterocycles. The van der Waals surface area contributed by atoms with Gasteiger partial charge in [0.2, 0.25) is 5.91 Å². The molecule has 1 aromatic carbocycles. The maximum atomic E-state index is 12.5. The predicted octanol–water partition coefficient (Wildman–Crippen LogP) is 2.52. The number of anilines is 1. The third-order valence-corrected chi connectivity index (χ3v) is 4.67. The minimum atomic E-state index is -0.461. The van der Waals surface area contributed by atoms with Crippen molar-refractivity contribution in [3.05, 3.63) is 29.3 Å². The molecule has 1 unspecified atom stereocenters. The number of amides is 3. The lowest BCUT2D eigenvalue weighted by molar-refractivity contribution is 0.00597. The fourth-order valence-corrected chi connectivity index (χ4v) is 3.04. The lowest BCUT2D eigenvalue weighted by atomic mass is 10.1. The Morgan fingerprint density at radius 2 is 2.12 bits per heavy atom. The van der Waals surface area contributed by atoms with Gasteiger partial charge in [0.1, 0.15) is 0 Å². The fourth-order valence-electron chi connectivity index (χ4n) is 3.04. The van der Waals surface area contributed by atoms with Gasteiger partial charge < -0.3 is 20.7 Å². The first kappa shape index (κ1) is 16.8. The summed E-state index contributed by atoms with van der Waals surface area (Å²) in [5, 5.41) is 2.90. The second kappa shape index (κ2) is 7.21. The highest BCUT2D eigenvalue weighted by Crippen LogP contribution is 2.30. The average Bonchev–Trinajstić information content (AvgIpc) is 3.37. The molecule has 24 heavy (non-hydrogen) atoms. The summed E-state index contributed by atoms with van der Waals surface area (Å²) in [7, 11) is 0. The van der Waals surface area contributed by atoms with Crippen LogP contribution in [0.2, 0.25) is 0 Å². The SMILES string of the molecule is Cc1cc(NC(=O)N2CCCC(OCC3CC3)C2)ccc1C(N)=O. The third-order valence-electron chi connectivity index (χ3n) is 4.67. The van der Waals surface area contributed by atoms with Crippen molar-refractivity contribution in [1.82, 2.24) is 4.90 Å². The Morgan fingerprint density at radius 1 is 1.33 bits per heavy atom. The van der Waals surface area contributed by atoms with Crippen molar-refractivity contribution in [2.45, 2.75) is 38.7 Å². The highest BCUT2D eigenvalue weighted by molar-refractivity contribution is 5.96. The first-order valence-electron chi connectivity index (χ1n) is 8.61. The second-order valence-electron chi connectivity index (χ2n) is 6.81. The molecule has 3 N–H and O–H groups in total. The Hall–Kier alpha value is -2.08. The monoisotopic (exact) mass is 331 g/mol. The zero-order chi connectivity index (χ0) is 17.1. The number of hydrogen-bond acceptors (Lipinski definition) is 3. The van der Waals surface area contributed by atoms with Crippen molar-refractivity contribution in [1.29, 1.82) is 0 Å². The van der Waals surface area contributed by atoms with Gasteiger partial charge in [-0.1, -0.05) is 0 Å². The topological polar surface area (TPSA) is 84.7 Å². The minimum absolute atomic E-state index is 0.124. The van der Waals surface area contributed by atoms with Crippen LogP contribution in [0.3, 0.4) is 0 Å². The molecular weight excluding hydrogens is 306 g/mol. The largest absolute Gasteiger partial charge is 0.376 e. The third kappa shape index (κ3) is 4.26. The first-order valence-corrected chi connectivity index (χ1v) is 8.61. The smallest absolute Gasteiger partial charge is 0.321 e. The summed E-state index contributed by atoms with van der Waals surface area (Å²) in [6, 6.07) is 4.99. The van der Waals surface area contributed by atoms with Crippen LogP contribution in [0.5, 0.6) is 0 Å². The molecule has 6 heteroatoms. The van der Waals surface area contributed by atoms with Gasteiger partial charge in [-0.05, 0) is 62.3 Å². The lowest BCUT2D eigenvalue weighted by Crippen LogP contribution is -2.45. The number of nitrogens with zero attached hydrogens (tertiary/aromatic N) is 1. The number of primary amides is 1. The van der Waals surface area contributed by atoms with Gasteiger partial charge in [0, 0.05) is 30.9 Å². The number of likely N-dealkylation sites (tertiary alicyclic amines) is 1. The zero-order valence-electron chi connectivity index (χ0n) is 14.1. The molecule has 0 aromatic heterocycles. The van der Waals surface area contributed by atoms with Gasteiger partial charge in [0.15, 0.2) is 0 Å². The Labute approximate surface area is 142 Å². The molecule has 1 saturated carbocycles. The molecular formula is C18H25N3O3. The Bertz CT molecular complexity index is 628. The van der Waals surface area contributed by atoms with Gasteiger partial charge in [-0.25, -0.2) is 4.79 Å². The lowest BCUT2D eigenvalue weighted by Gasteiger charge is -2.32. The van der Waals surface area contributed by atoms with E-state index in [1.807, 2.05) is 0 Å².